The van der Waals surface area contributed by atoms with Crippen molar-refractivity contribution in [3.8, 4) is 0 Å². The molecule has 1 saturated heterocycles. The topological polar surface area (TPSA) is 20.3 Å². The van der Waals surface area contributed by atoms with Gasteiger partial charge in [0, 0.05) is 23.9 Å². The van der Waals surface area contributed by atoms with Crippen LogP contribution in [0.2, 0.25) is 0 Å². The predicted molar refractivity (Wildman–Crippen MR) is 77.6 cm³/mol. The minimum Gasteiger partial charge on any atom is -0.339 e. The van der Waals surface area contributed by atoms with Gasteiger partial charge >= 0.3 is 0 Å². The van der Waals surface area contributed by atoms with Crippen molar-refractivity contribution in [1.82, 2.24) is 4.90 Å². The highest BCUT2D eigenvalue weighted by atomic mass is 35.5. The van der Waals surface area contributed by atoms with Crippen molar-refractivity contribution in [3.63, 3.8) is 0 Å². The van der Waals surface area contributed by atoms with Gasteiger partial charge in [0.2, 0.25) is 0 Å². The van der Waals surface area contributed by atoms with Crippen LogP contribution in [0.1, 0.15) is 23.2 Å². The Hall–Kier alpha value is -0.670. The lowest BCUT2D eigenvalue weighted by atomic mass is 9.98. The maximum absolute atomic E-state index is 12.5. The Labute approximate surface area is 118 Å². The summed E-state index contributed by atoms with van der Waals surface area (Å²) in [5, 5.41) is 0. The molecule has 1 heterocycles. The fourth-order valence-corrected chi connectivity index (χ4v) is 3.18. The monoisotopic (exact) mass is 283 g/mol. The van der Waals surface area contributed by atoms with Crippen molar-refractivity contribution in [2.75, 3.05) is 25.2 Å². The van der Waals surface area contributed by atoms with E-state index in [0.717, 1.165) is 36.4 Å². The number of amides is 1. The molecule has 0 unspecified atom stereocenters. The SMILES string of the molecule is CSc1ccccc1C(=O)N1CCC(CCl)CC1. The van der Waals surface area contributed by atoms with E-state index >= 15 is 0 Å². The second-order valence-electron chi connectivity index (χ2n) is 4.59. The molecule has 2 nitrogen and oxygen atoms in total. The average molecular weight is 284 g/mol. The Morgan fingerprint density at radius 3 is 2.67 bits per heavy atom. The molecule has 1 aliphatic rings. The minimum atomic E-state index is 0.160. The van der Waals surface area contributed by atoms with Gasteiger partial charge in [0.15, 0.2) is 0 Å². The summed E-state index contributed by atoms with van der Waals surface area (Å²) in [6, 6.07) is 7.83. The Morgan fingerprint density at radius 1 is 1.39 bits per heavy atom. The van der Waals surface area contributed by atoms with E-state index in [4.69, 9.17) is 11.6 Å². The van der Waals surface area contributed by atoms with Crippen LogP contribution in [0.4, 0.5) is 0 Å². The molecule has 1 aromatic carbocycles. The summed E-state index contributed by atoms with van der Waals surface area (Å²) in [5.74, 6) is 1.45. The van der Waals surface area contributed by atoms with Gasteiger partial charge in [-0.3, -0.25) is 4.79 Å². The van der Waals surface area contributed by atoms with Crippen LogP contribution in [0.3, 0.4) is 0 Å². The van der Waals surface area contributed by atoms with Gasteiger partial charge in [0.05, 0.1) is 5.56 Å². The highest BCUT2D eigenvalue weighted by Gasteiger charge is 2.24. The van der Waals surface area contributed by atoms with E-state index in [1.807, 2.05) is 35.4 Å². The fourth-order valence-electron chi connectivity index (χ4n) is 2.28. The van der Waals surface area contributed by atoms with Crippen LogP contribution >= 0.6 is 23.4 Å². The molecule has 0 aromatic heterocycles. The van der Waals surface area contributed by atoms with E-state index < -0.39 is 0 Å². The van der Waals surface area contributed by atoms with Gasteiger partial charge in [-0.05, 0) is 37.1 Å². The summed E-state index contributed by atoms with van der Waals surface area (Å²) in [7, 11) is 0. The highest BCUT2D eigenvalue weighted by Crippen LogP contribution is 2.24. The van der Waals surface area contributed by atoms with Crippen molar-refractivity contribution in [2.24, 2.45) is 5.92 Å². The summed E-state index contributed by atoms with van der Waals surface area (Å²) in [6.07, 6.45) is 4.05. The fraction of sp³-hybridized carbons (Fsp3) is 0.500. The van der Waals surface area contributed by atoms with E-state index in [2.05, 4.69) is 0 Å². The Kier molecular flexibility index (Phi) is 4.95. The molecule has 2 rings (SSSR count). The molecule has 0 radical (unpaired) electrons. The van der Waals surface area contributed by atoms with E-state index in [9.17, 15) is 4.79 Å². The number of nitrogens with zero attached hydrogens (tertiary/aromatic N) is 1. The standard InChI is InChI=1S/C14H18ClNOS/c1-18-13-5-3-2-4-12(13)14(17)16-8-6-11(10-15)7-9-16/h2-5,11H,6-10H2,1H3. The maximum atomic E-state index is 12.5. The van der Waals surface area contributed by atoms with Crippen LogP contribution in [0.15, 0.2) is 29.2 Å². The lowest BCUT2D eigenvalue weighted by Gasteiger charge is -2.31. The first-order valence-corrected chi connectivity index (χ1v) is 8.00. The minimum absolute atomic E-state index is 0.160. The lowest BCUT2D eigenvalue weighted by Crippen LogP contribution is -2.39. The normalized spacial score (nSPS) is 16.9. The third-order valence-electron chi connectivity index (χ3n) is 3.46. The molecule has 0 atom stereocenters. The van der Waals surface area contributed by atoms with Crippen LogP contribution in [-0.4, -0.2) is 36.0 Å². The zero-order chi connectivity index (χ0) is 13.0. The second-order valence-corrected chi connectivity index (χ2v) is 5.75. The molecule has 0 saturated carbocycles. The lowest BCUT2D eigenvalue weighted by molar-refractivity contribution is 0.0694. The van der Waals surface area contributed by atoms with Crippen molar-refractivity contribution < 1.29 is 4.79 Å². The van der Waals surface area contributed by atoms with Gasteiger partial charge in [-0.25, -0.2) is 0 Å². The van der Waals surface area contributed by atoms with Gasteiger partial charge in [-0.15, -0.1) is 23.4 Å². The first-order valence-electron chi connectivity index (χ1n) is 6.24. The van der Waals surface area contributed by atoms with E-state index in [1.165, 1.54) is 0 Å². The van der Waals surface area contributed by atoms with E-state index in [-0.39, 0.29) is 5.91 Å². The maximum Gasteiger partial charge on any atom is 0.254 e. The number of carbonyl (C=O) groups is 1. The zero-order valence-corrected chi connectivity index (χ0v) is 12.1. The van der Waals surface area contributed by atoms with Crippen molar-refractivity contribution in [3.05, 3.63) is 29.8 Å². The summed E-state index contributed by atoms with van der Waals surface area (Å²) >= 11 is 7.49. The van der Waals surface area contributed by atoms with E-state index in [1.54, 1.807) is 11.8 Å². The third-order valence-corrected chi connectivity index (χ3v) is 4.69. The number of likely N-dealkylation sites (tertiary alicyclic amines) is 1. The number of benzene rings is 1. The molecule has 18 heavy (non-hydrogen) atoms. The number of hydrogen-bond acceptors (Lipinski definition) is 2. The van der Waals surface area contributed by atoms with Gasteiger partial charge < -0.3 is 4.90 Å². The van der Waals surface area contributed by atoms with Gasteiger partial charge in [0.25, 0.3) is 5.91 Å². The molecule has 0 N–H and O–H groups in total. The number of halogens is 1. The molecule has 0 spiro atoms. The Balaban J connectivity index is 2.08. The largest absolute Gasteiger partial charge is 0.339 e. The average Bonchev–Trinajstić information content (AvgIpc) is 2.46. The number of carbonyl (C=O) groups excluding carboxylic acids is 1. The quantitative estimate of drug-likeness (QED) is 0.625. The first-order chi connectivity index (χ1) is 8.76. The molecule has 98 valence electrons. The second kappa shape index (κ2) is 6.48. The summed E-state index contributed by atoms with van der Waals surface area (Å²) in [6.45, 7) is 1.66. The van der Waals surface area contributed by atoms with Crippen LogP contribution in [-0.2, 0) is 0 Å². The van der Waals surface area contributed by atoms with Gasteiger partial charge in [-0.2, -0.15) is 0 Å². The van der Waals surface area contributed by atoms with Crippen molar-refractivity contribution in [1.29, 1.82) is 0 Å². The molecular weight excluding hydrogens is 266 g/mol. The molecule has 0 bridgehead atoms. The summed E-state index contributed by atoms with van der Waals surface area (Å²) in [4.78, 5) is 15.5. The van der Waals surface area contributed by atoms with Crippen molar-refractivity contribution in [2.45, 2.75) is 17.7 Å². The van der Waals surface area contributed by atoms with Crippen LogP contribution in [0, 0.1) is 5.92 Å². The summed E-state index contributed by atoms with van der Waals surface area (Å²) in [5.41, 5.74) is 0.828. The molecule has 1 aromatic rings. The number of alkyl halides is 1. The van der Waals surface area contributed by atoms with Gasteiger partial charge in [0.1, 0.15) is 0 Å². The molecular formula is C14H18ClNOS. The molecule has 1 aliphatic heterocycles. The predicted octanol–water partition coefficient (Wildman–Crippen LogP) is 3.50. The van der Waals surface area contributed by atoms with Crippen molar-refractivity contribution >= 4 is 29.3 Å². The molecule has 1 amide bonds. The number of thioether (sulfide) groups is 1. The summed E-state index contributed by atoms with van der Waals surface area (Å²) < 4.78 is 0. The highest BCUT2D eigenvalue weighted by molar-refractivity contribution is 7.98. The van der Waals surface area contributed by atoms with Crippen LogP contribution in [0.25, 0.3) is 0 Å². The zero-order valence-electron chi connectivity index (χ0n) is 10.6. The number of piperidine rings is 1. The molecule has 0 aliphatic carbocycles. The third kappa shape index (κ3) is 3.01. The first kappa shape index (κ1) is 13.8. The number of rotatable bonds is 3. The van der Waals surface area contributed by atoms with Crippen LogP contribution < -0.4 is 0 Å². The number of hydrogen-bond donors (Lipinski definition) is 0. The Bertz CT molecular complexity index is 416. The molecule has 4 heteroatoms. The van der Waals surface area contributed by atoms with E-state index in [0.29, 0.717) is 11.8 Å². The van der Waals surface area contributed by atoms with Crippen LogP contribution in [0.5, 0.6) is 0 Å². The van der Waals surface area contributed by atoms with Gasteiger partial charge in [-0.1, -0.05) is 12.1 Å². The molecule has 1 fully saturated rings. The Morgan fingerprint density at radius 2 is 2.06 bits per heavy atom. The smallest absolute Gasteiger partial charge is 0.254 e.